The third-order valence-corrected chi connectivity index (χ3v) is 3.59. The van der Waals surface area contributed by atoms with Crippen LogP contribution in [-0.2, 0) is 6.54 Å². The van der Waals surface area contributed by atoms with Crippen LogP contribution in [0.15, 0.2) is 36.4 Å². The first-order valence-corrected chi connectivity index (χ1v) is 6.46. The maximum atomic E-state index is 11.8. The summed E-state index contributed by atoms with van der Waals surface area (Å²) in [6.45, 7) is 2.07. The molecule has 0 radical (unpaired) electrons. The molecule has 0 aliphatic carbocycles. The van der Waals surface area contributed by atoms with Gasteiger partial charge >= 0.3 is 0 Å². The summed E-state index contributed by atoms with van der Waals surface area (Å²) >= 11 is 1.40. The number of nitrogens with one attached hydrogen (secondary N) is 1. The van der Waals surface area contributed by atoms with E-state index in [1.807, 2.05) is 13.0 Å². The number of nitrogens with zero attached hydrogens (tertiary/aromatic N) is 1. The van der Waals surface area contributed by atoms with E-state index >= 15 is 0 Å². The predicted octanol–water partition coefficient (Wildman–Crippen LogP) is 2.89. The Labute approximate surface area is 114 Å². The van der Waals surface area contributed by atoms with Crippen LogP contribution in [0.3, 0.4) is 0 Å². The van der Waals surface area contributed by atoms with Crippen molar-refractivity contribution in [3.63, 3.8) is 0 Å². The van der Waals surface area contributed by atoms with Crippen molar-refractivity contribution in [2.24, 2.45) is 0 Å². The number of carbonyl (C=O) groups is 1. The molecule has 0 fully saturated rings. The molecule has 5 nitrogen and oxygen atoms in total. The lowest BCUT2D eigenvalue weighted by Gasteiger charge is -2.04. The fourth-order valence-electron chi connectivity index (χ4n) is 1.66. The zero-order chi connectivity index (χ0) is 13.8. The normalized spacial score (nSPS) is 10.2. The summed E-state index contributed by atoms with van der Waals surface area (Å²) in [6.07, 6.45) is 0. The Balaban J connectivity index is 2.07. The van der Waals surface area contributed by atoms with Crippen molar-refractivity contribution in [3.05, 3.63) is 61.8 Å². The maximum Gasteiger partial charge on any atom is 0.274 e. The third-order valence-electron chi connectivity index (χ3n) is 2.59. The fraction of sp³-hybridized carbons (Fsp3) is 0.154. The molecule has 2 aromatic rings. The van der Waals surface area contributed by atoms with Crippen LogP contribution in [0.25, 0.3) is 0 Å². The molecule has 0 aliphatic rings. The summed E-state index contributed by atoms with van der Waals surface area (Å²) in [5.74, 6) is -0.212. The van der Waals surface area contributed by atoms with Gasteiger partial charge in [-0.3, -0.25) is 14.9 Å². The lowest BCUT2D eigenvalue weighted by Crippen LogP contribution is -2.22. The molecule has 0 aliphatic heterocycles. The van der Waals surface area contributed by atoms with Gasteiger partial charge in [0, 0.05) is 23.1 Å². The molecular formula is C13H12N2O3S. The Kier molecular flexibility index (Phi) is 3.91. The summed E-state index contributed by atoms with van der Waals surface area (Å²) in [6, 6.07) is 9.99. The van der Waals surface area contributed by atoms with Crippen LogP contribution in [0.2, 0.25) is 0 Å². The first-order chi connectivity index (χ1) is 9.08. The molecule has 1 aromatic heterocycles. The van der Waals surface area contributed by atoms with Crippen molar-refractivity contribution in [3.8, 4) is 0 Å². The van der Waals surface area contributed by atoms with E-state index in [1.165, 1.54) is 17.4 Å². The average Bonchev–Trinajstić information content (AvgIpc) is 2.83. The van der Waals surface area contributed by atoms with Crippen LogP contribution in [0, 0.1) is 17.0 Å². The van der Waals surface area contributed by atoms with Crippen LogP contribution in [0.4, 0.5) is 5.69 Å². The van der Waals surface area contributed by atoms with Gasteiger partial charge < -0.3 is 5.32 Å². The van der Waals surface area contributed by atoms with Gasteiger partial charge in [-0.1, -0.05) is 18.2 Å². The van der Waals surface area contributed by atoms with Crippen LogP contribution < -0.4 is 5.32 Å². The third kappa shape index (κ3) is 3.17. The van der Waals surface area contributed by atoms with Crippen molar-refractivity contribution in [2.45, 2.75) is 13.5 Å². The summed E-state index contributed by atoms with van der Waals surface area (Å²) < 4.78 is 0. The van der Waals surface area contributed by atoms with Gasteiger partial charge in [-0.2, -0.15) is 0 Å². The number of carbonyl (C=O) groups excluding carboxylic acids is 1. The van der Waals surface area contributed by atoms with Crippen LogP contribution >= 0.6 is 11.3 Å². The molecule has 0 spiro atoms. The molecule has 98 valence electrons. The molecule has 19 heavy (non-hydrogen) atoms. The van der Waals surface area contributed by atoms with Crippen LogP contribution in [0.5, 0.6) is 0 Å². The topological polar surface area (TPSA) is 72.2 Å². The van der Waals surface area contributed by atoms with Crippen molar-refractivity contribution in [1.82, 2.24) is 5.32 Å². The lowest BCUT2D eigenvalue weighted by atomic mass is 10.2. The average molecular weight is 276 g/mol. The molecule has 1 heterocycles. The van der Waals surface area contributed by atoms with E-state index in [4.69, 9.17) is 0 Å². The van der Waals surface area contributed by atoms with E-state index in [1.54, 1.807) is 24.3 Å². The molecule has 0 bridgehead atoms. The number of aryl methyl sites for hydroxylation is 1. The molecule has 6 heteroatoms. The Morgan fingerprint density at radius 1 is 1.32 bits per heavy atom. The van der Waals surface area contributed by atoms with Crippen molar-refractivity contribution < 1.29 is 9.72 Å². The highest BCUT2D eigenvalue weighted by Gasteiger charge is 2.14. The van der Waals surface area contributed by atoms with Gasteiger partial charge in [0.05, 0.1) is 9.80 Å². The Hall–Kier alpha value is -2.21. The molecule has 1 aromatic carbocycles. The monoisotopic (exact) mass is 276 g/mol. The number of nitro groups is 1. The minimum Gasteiger partial charge on any atom is -0.347 e. The van der Waals surface area contributed by atoms with Gasteiger partial charge in [-0.25, -0.2) is 0 Å². The quantitative estimate of drug-likeness (QED) is 0.689. The highest BCUT2D eigenvalue weighted by Crippen LogP contribution is 2.18. The van der Waals surface area contributed by atoms with Crippen molar-refractivity contribution in [1.29, 1.82) is 0 Å². The van der Waals surface area contributed by atoms with Crippen molar-refractivity contribution >= 4 is 22.9 Å². The molecule has 0 atom stereocenters. The van der Waals surface area contributed by atoms with Gasteiger partial charge in [-0.05, 0) is 19.1 Å². The number of amides is 1. The number of hydrogen-bond acceptors (Lipinski definition) is 4. The summed E-state index contributed by atoms with van der Waals surface area (Å²) in [5.41, 5.74) is 0.513. The number of nitro benzene ring substituents is 1. The molecule has 2 rings (SSSR count). The number of para-hydroxylation sites is 1. The Bertz CT molecular complexity index is 622. The minimum absolute atomic E-state index is 0.0187. The lowest BCUT2D eigenvalue weighted by molar-refractivity contribution is -0.385. The second-order valence-electron chi connectivity index (χ2n) is 3.98. The summed E-state index contributed by atoms with van der Waals surface area (Å²) in [5, 5.41) is 13.5. The molecule has 0 saturated carbocycles. The Morgan fingerprint density at radius 2 is 2.05 bits per heavy atom. The first-order valence-electron chi connectivity index (χ1n) is 5.65. The number of rotatable bonds is 4. The van der Waals surface area contributed by atoms with Gasteiger partial charge in [0.2, 0.25) is 0 Å². The highest BCUT2D eigenvalue weighted by atomic mass is 32.1. The SMILES string of the molecule is Cc1ccc(C(=O)NCc2ccccc2[N+](=O)[O-])s1. The van der Waals surface area contributed by atoms with Gasteiger partial charge in [0.15, 0.2) is 0 Å². The molecule has 1 amide bonds. The summed E-state index contributed by atoms with van der Waals surface area (Å²) in [7, 11) is 0. The van der Waals surface area contributed by atoms with Gasteiger partial charge in [0.25, 0.3) is 11.6 Å². The molecule has 0 saturated heterocycles. The highest BCUT2D eigenvalue weighted by molar-refractivity contribution is 7.13. The van der Waals surface area contributed by atoms with Crippen molar-refractivity contribution in [2.75, 3.05) is 0 Å². The van der Waals surface area contributed by atoms with Gasteiger partial charge in [0.1, 0.15) is 0 Å². The minimum atomic E-state index is -0.448. The molecule has 0 unspecified atom stereocenters. The molecular weight excluding hydrogens is 264 g/mol. The largest absolute Gasteiger partial charge is 0.347 e. The second kappa shape index (κ2) is 5.62. The van der Waals surface area contributed by atoms with E-state index in [0.717, 1.165) is 4.88 Å². The number of thiophene rings is 1. The smallest absolute Gasteiger partial charge is 0.274 e. The van der Waals surface area contributed by atoms with E-state index in [9.17, 15) is 14.9 Å². The van der Waals surface area contributed by atoms with E-state index in [0.29, 0.717) is 10.4 Å². The standard InChI is InChI=1S/C13H12N2O3S/c1-9-6-7-12(19-9)13(16)14-8-10-4-2-3-5-11(10)15(17)18/h2-7H,8H2,1H3,(H,14,16). The molecule has 1 N–H and O–H groups in total. The fourth-order valence-corrected chi connectivity index (χ4v) is 2.44. The van der Waals surface area contributed by atoms with E-state index < -0.39 is 4.92 Å². The van der Waals surface area contributed by atoms with E-state index in [-0.39, 0.29) is 18.1 Å². The first kappa shape index (κ1) is 13.2. The predicted molar refractivity (Wildman–Crippen MR) is 73.3 cm³/mol. The maximum absolute atomic E-state index is 11.8. The van der Waals surface area contributed by atoms with Crippen LogP contribution in [0.1, 0.15) is 20.1 Å². The second-order valence-corrected chi connectivity index (χ2v) is 5.27. The Morgan fingerprint density at radius 3 is 2.68 bits per heavy atom. The zero-order valence-electron chi connectivity index (χ0n) is 10.3. The number of hydrogen-bond donors (Lipinski definition) is 1. The number of benzene rings is 1. The van der Waals surface area contributed by atoms with Gasteiger partial charge in [-0.15, -0.1) is 11.3 Å². The van der Waals surface area contributed by atoms with Crippen LogP contribution in [-0.4, -0.2) is 10.8 Å². The van der Waals surface area contributed by atoms with E-state index in [2.05, 4.69) is 5.32 Å². The zero-order valence-corrected chi connectivity index (χ0v) is 11.1. The summed E-state index contributed by atoms with van der Waals surface area (Å²) in [4.78, 5) is 23.9.